The lowest BCUT2D eigenvalue weighted by Gasteiger charge is -2.15. The number of ether oxygens (including phenoxy) is 1. The van der Waals surface area contributed by atoms with Crippen molar-refractivity contribution in [3.05, 3.63) is 28.2 Å². The minimum absolute atomic E-state index is 0.00643. The smallest absolute Gasteiger partial charge is 0.251 e. The minimum Gasteiger partial charge on any atom is -0.496 e. The molecule has 1 unspecified atom stereocenters. The van der Waals surface area contributed by atoms with Crippen LogP contribution in [0.5, 0.6) is 5.75 Å². The molecule has 1 atom stereocenters. The van der Waals surface area contributed by atoms with Crippen LogP contribution in [0.1, 0.15) is 12.5 Å². The zero-order valence-corrected chi connectivity index (χ0v) is 12.5. The average Bonchev–Trinajstić information content (AvgIpc) is 2.56. The van der Waals surface area contributed by atoms with Crippen molar-refractivity contribution in [2.24, 2.45) is 0 Å². The third kappa shape index (κ3) is 2.49. The van der Waals surface area contributed by atoms with Crippen LogP contribution in [0.4, 0.5) is 0 Å². The number of methoxy groups -OCH3 is 1. The molecule has 96 valence electrons. The van der Waals surface area contributed by atoms with Gasteiger partial charge in [-0.05, 0) is 52.8 Å². The van der Waals surface area contributed by atoms with Gasteiger partial charge in [0.05, 0.1) is 18.1 Å². The second kappa shape index (κ2) is 5.24. The summed E-state index contributed by atoms with van der Waals surface area (Å²) in [6.45, 7) is 2.27. The van der Waals surface area contributed by atoms with Crippen LogP contribution < -0.4 is 10.1 Å². The molecule has 0 aromatic heterocycles. The highest BCUT2D eigenvalue weighted by atomic mass is 79.9. The summed E-state index contributed by atoms with van der Waals surface area (Å²) in [5, 5.41) is 3.43. The number of halogens is 1. The number of nitrogens with one attached hydrogen (secondary N) is 1. The van der Waals surface area contributed by atoms with Crippen molar-refractivity contribution < 1.29 is 9.53 Å². The molecule has 1 fully saturated rings. The van der Waals surface area contributed by atoms with Gasteiger partial charge in [0.15, 0.2) is 5.11 Å². The normalized spacial score (nSPS) is 19.1. The Balaban J connectivity index is 2.17. The summed E-state index contributed by atoms with van der Waals surface area (Å²) >= 11 is 8.55. The van der Waals surface area contributed by atoms with E-state index in [1.54, 1.807) is 18.9 Å². The van der Waals surface area contributed by atoms with Crippen molar-refractivity contribution in [2.75, 3.05) is 7.11 Å². The molecule has 0 aliphatic carbocycles. The maximum Gasteiger partial charge on any atom is 0.251 e. The lowest BCUT2D eigenvalue weighted by atomic mass is 10.2. The van der Waals surface area contributed by atoms with E-state index in [-0.39, 0.29) is 11.9 Å². The molecule has 2 rings (SSSR count). The molecule has 1 aromatic carbocycles. The van der Waals surface area contributed by atoms with Gasteiger partial charge in [0.1, 0.15) is 11.8 Å². The first-order valence-electron chi connectivity index (χ1n) is 5.47. The van der Waals surface area contributed by atoms with Gasteiger partial charge in [0.25, 0.3) is 5.91 Å². The van der Waals surface area contributed by atoms with Gasteiger partial charge < -0.3 is 10.1 Å². The highest BCUT2D eigenvalue weighted by Crippen LogP contribution is 2.26. The van der Waals surface area contributed by atoms with Gasteiger partial charge in [-0.25, -0.2) is 0 Å². The van der Waals surface area contributed by atoms with Gasteiger partial charge in [-0.2, -0.15) is 0 Å². The molecule has 1 aromatic rings. The van der Waals surface area contributed by atoms with Gasteiger partial charge in [-0.15, -0.1) is 0 Å². The van der Waals surface area contributed by atoms with E-state index < -0.39 is 0 Å². The van der Waals surface area contributed by atoms with Crippen LogP contribution in [0.15, 0.2) is 22.7 Å². The molecule has 0 spiro atoms. The number of carbonyl (C=O) groups is 1. The van der Waals surface area contributed by atoms with Crippen LogP contribution in [-0.4, -0.2) is 29.1 Å². The summed E-state index contributed by atoms with van der Waals surface area (Å²) in [4.78, 5) is 13.4. The molecule has 1 aliphatic rings. The molecule has 1 heterocycles. The standard InChI is InChI=1S/C12H13BrN2O2S/c1-7-11(16)15(12(18)14-7)6-8-3-4-10(17-2)9(13)5-8/h3-5,7H,6H2,1-2H3,(H,14,18). The maximum absolute atomic E-state index is 11.9. The predicted octanol–water partition coefficient (Wildman–Crippen LogP) is 2.06. The van der Waals surface area contributed by atoms with E-state index >= 15 is 0 Å². The Morgan fingerprint density at radius 1 is 1.56 bits per heavy atom. The van der Waals surface area contributed by atoms with E-state index in [4.69, 9.17) is 17.0 Å². The SMILES string of the molecule is COc1ccc(CN2C(=O)C(C)NC2=S)cc1Br. The van der Waals surface area contributed by atoms with Crippen molar-refractivity contribution in [3.63, 3.8) is 0 Å². The molecule has 0 saturated carbocycles. The van der Waals surface area contributed by atoms with Gasteiger partial charge in [-0.3, -0.25) is 9.69 Å². The number of nitrogens with zero attached hydrogens (tertiary/aromatic N) is 1. The molecule has 6 heteroatoms. The van der Waals surface area contributed by atoms with E-state index in [1.807, 2.05) is 18.2 Å². The van der Waals surface area contributed by atoms with Crippen LogP contribution in [0.3, 0.4) is 0 Å². The summed E-state index contributed by atoms with van der Waals surface area (Å²) in [6.07, 6.45) is 0. The molecule has 1 aliphatic heterocycles. The number of hydrogen-bond donors (Lipinski definition) is 1. The van der Waals surface area contributed by atoms with Crippen molar-refractivity contribution in [1.82, 2.24) is 10.2 Å². The van der Waals surface area contributed by atoms with Crippen LogP contribution in [0.25, 0.3) is 0 Å². The molecular formula is C12H13BrN2O2S. The zero-order chi connectivity index (χ0) is 13.3. The maximum atomic E-state index is 11.9. The number of amides is 1. The highest BCUT2D eigenvalue weighted by molar-refractivity contribution is 9.10. The quantitative estimate of drug-likeness (QED) is 0.862. The van der Waals surface area contributed by atoms with Gasteiger partial charge in [0.2, 0.25) is 0 Å². The van der Waals surface area contributed by atoms with Crippen molar-refractivity contribution in [1.29, 1.82) is 0 Å². The molecule has 1 saturated heterocycles. The van der Waals surface area contributed by atoms with Crippen molar-refractivity contribution in [3.8, 4) is 5.75 Å². The fraction of sp³-hybridized carbons (Fsp3) is 0.333. The Morgan fingerprint density at radius 2 is 2.28 bits per heavy atom. The van der Waals surface area contributed by atoms with Gasteiger partial charge in [0, 0.05) is 0 Å². The topological polar surface area (TPSA) is 41.6 Å². The van der Waals surface area contributed by atoms with Gasteiger partial charge >= 0.3 is 0 Å². The number of benzene rings is 1. The monoisotopic (exact) mass is 328 g/mol. The Kier molecular flexibility index (Phi) is 3.87. The summed E-state index contributed by atoms with van der Waals surface area (Å²) < 4.78 is 6.03. The lowest BCUT2D eigenvalue weighted by Crippen LogP contribution is -2.30. The zero-order valence-electron chi connectivity index (χ0n) is 10.1. The Morgan fingerprint density at radius 3 is 2.78 bits per heavy atom. The summed E-state index contributed by atoms with van der Waals surface area (Å²) in [5.74, 6) is 0.771. The van der Waals surface area contributed by atoms with E-state index in [1.165, 1.54) is 0 Å². The third-order valence-corrected chi connectivity index (χ3v) is 3.74. The van der Waals surface area contributed by atoms with Crippen molar-refractivity contribution in [2.45, 2.75) is 19.5 Å². The van der Waals surface area contributed by atoms with E-state index in [0.717, 1.165) is 15.8 Å². The van der Waals surface area contributed by atoms with E-state index in [0.29, 0.717) is 11.7 Å². The summed E-state index contributed by atoms with van der Waals surface area (Å²) in [7, 11) is 1.62. The number of rotatable bonds is 3. The summed E-state index contributed by atoms with van der Waals surface area (Å²) in [6, 6.07) is 5.47. The van der Waals surface area contributed by atoms with Crippen LogP contribution in [0.2, 0.25) is 0 Å². The lowest BCUT2D eigenvalue weighted by molar-refractivity contribution is -0.127. The molecule has 1 N–H and O–H groups in total. The summed E-state index contributed by atoms with van der Waals surface area (Å²) in [5.41, 5.74) is 0.995. The molecule has 0 bridgehead atoms. The first kappa shape index (κ1) is 13.3. The number of carbonyl (C=O) groups excluding carboxylic acids is 1. The minimum atomic E-state index is -0.237. The Labute approximate surface area is 119 Å². The third-order valence-electron chi connectivity index (χ3n) is 2.78. The fourth-order valence-electron chi connectivity index (χ4n) is 1.80. The molecule has 1 amide bonds. The fourth-order valence-corrected chi connectivity index (χ4v) is 2.72. The second-order valence-corrected chi connectivity index (χ2v) is 5.31. The van der Waals surface area contributed by atoms with Gasteiger partial charge in [-0.1, -0.05) is 6.07 Å². The van der Waals surface area contributed by atoms with Crippen LogP contribution >= 0.6 is 28.1 Å². The Hall–Kier alpha value is -1.14. The number of hydrogen-bond acceptors (Lipinski definition) is 3. The van der Waals surface area contributed by atoms with Crippen LogP contribution in [0, 0.1) is 0 Å². The number of thiocarbonyl (C=S) groups is 1. The van der Waals surface area contributed by atoms with Crippen molar-refractivity contribution >= 4 is 39.2 Å². The molecular weight excluding hydrogens is 316 g/mol. The highest BCUT2D eigenvalue weighted by Gasteiger charge is 2.31. The van der Waals surface area contributed by atoms with E-state index in [9.17, 15) is 4.79 Å². The van der Waals surface area contributed by atoms with E-state index in [2.05, 4.69) is 21.2 Å². The molecule has 4 nitrogen and oxygen atoms in total. The predicted molar refractivity (Wildman–Crippen MR) is 76.4 cm³/mol. The first-order chi connectivity index (χ1) is 8.52. The Bertz CT molecular complexity index is 507. The molecule has 0 radical (unpaired) electrons. The first-order valence-corrected chi connectivity index (χ1v) is 6.67. The van der Waals surface area contributed by atoms with Crippen LogP contribution in [-0.2, 0) is 11.3 Å². The molecule has 18 heavy (non-hydrogen) atoms. The average molecular weight is 329 g/mol. The largest absolute Gasteiger partial charge is 0.496 e. The second-order valence-electron chi connectivity index (χ2n) is 4.06.